The fraction of sp³-hybridized carbons (Fsp3) is 0.400. The zero-order valence-electron chi connectivity index (χ0n) is 8.33. The van der Waals surface area contributed by atoms with E-state index in [1.807, 2.05) is 6.92 Å². The monoisotopic (exact) mass is 229 g/mol. The van der Waals surface area contributed by atoms with Gasteiger partial charge in [0.1, 0.15) is 5.82 Å². The Hall–Kier alpha value is -0.940. The van der Waals surface area contributed by atoms with Crippen molar-refractivity contribution in [2.24, 2.45) is 5.92 Å². The summed E-state index contributed by atoms with van der Waals surface area (Å²) in [6.07, 6.45) is 0.583. The van der Waals surface area contributed by atoms with E-state index in [0.717, 1.165) is 0 Å². The maximum Gasteiger partial charge on any atom is 0.240 e. The van der Waals surface area contributed by atoms with Crippen LogP contribution in [0.1, 0.15) is 12.5 Å². The first-order valence-corrected chi connectivity index (χ1v) is 6.25. The van der Waals surface area contributed by atoms with Gasteiger partial charge in [0.15, 0.2) is 0 Å². The van der Waals surface area contributed by atoms with Crippen LogP contribution >= 0.6 is 0 Å². The fourth-order valence-corrected chi connectivity index (χ4v) is 3.14. The average Bonchev–Trinajstić information content (AvgIpc) is 2.24. The molecule has 0 fully saturated rings. The Morgan fingerprint density at radius 3 is 2.93 bits per heavy atom. The number of hydrogen-bond donors (Lipinski definition) is 1. The zero-order chi connectivity index (χ0) is 11.1. The molecule has 82 valence electrons. The minimum Gasteiger partial charge on any atom is -0.211 e. The van der Waals surface area contributed by atoms with Crippen molar-refractivity contribution < 1.29 is 12.8 Å². The maximum absolute atomic E-state index is 13.0. The maximum atomic E-state index is 13.0. The Bertz CT molecular complexity index is 484. The minimum atomic E-state index is -3.44. The highest BCUT2D eigenvalue weighted by molar-refractivity contribution is 7.89. The van der Waals surface area contributed by atoms with Gasteiger partial charge in [0.2, 0.25) is 10.0 Å². The first kappa shape index (κ1) is 10.6. The minimum absolute atomic E-state index is 0.183. The van der Waals surface area contributed by atoms with Crippen molar-refractivity contribution in [3.05, 3.63) is 29.6 Å². The predicted molar refractivity (Wildman–Crippen MR) is 54.5 cm³/mol. The molecule has 0 saturated heterocycles. The summed E-state index contributed by atoms with van der Waals surface area (Å²) in [4.78, 5) is 0.202. The molecule has 1 heterocycles. The molecule has 0 bridgehead atoms. The number of fused-ring (bicyclic) bond motifs is 1. The van der Waals surface area contributed by atoms with Crippen LogP contribution in [0.15, 0.2) is 23.1 Å². The highest BCUT2D eigenvalue weighted by Gasteiger charge is 2.24. The van der Waals surface area contributed by atoms with E-state index < -0.39 is 15.8 Å². The molecule has 1 unspecified atom stereocenters. The summed E-state index contributed by atoms with van der Waals surface area (Å²) in [7, 11) is -3.44. The summed E-state index contributed by atoms with van der Waals surface area (Å²) in [5.41, 5.74) is 0.563. The van der Waals surface area contributed by atoms with E-state index >= 15 is 0 Å². The molecule has 0 saturated carbocycles. The van der Waals surface area contributed by atoms with E-state index in [0.29, 0.717) is 18.5 Å². The molecule has 1 aromatic rings. The largest absolute Gasteiger partial charge is 0.240 e. The van der Waals surface area contributed by atoms with Crippen molar-refractivity contribution in [1.29, 1.82) is 0 Å². The van der Waals surface area contributed by atoms with Crippen LogP contribution in [0.4, 0.5) is 4.39 Å². The summed E-state index contributed by atoms with van der Waals surface area (Å²) < 4.78 is 38.9. The molecular weight excluding hydrogens is 217 g/mol. The van der Waals surface area contributed by atoms with Crippen LogP contribution in [0.25, 0.3) is 0 Å². The van der Waals surface area contributed by atoms with Gasteiger partial charge < -0.3 is 0 Å². The van der Waals surface area contributed by atoms with Crippen molar-refractivity contribution in [3.63, 3.8) is 0 Å². The van der Waals surface area contributed by atoms with Crippen LogP contribution in [-0.2, 0) is 16.4 Å². The van der Waals surface area contributed by atoms with Crippen LogP contribution in [-0.4, -0.2) is 15.0 Å². The lowest BCUT2D eigenvalue weighted by atomic mass is 10.0. The van der Waals surface area contributed by atoms with E-state index in [2.05, 4.69) is 4.72 Å². The molecule has 1 aliphatic heterocycles. The van der Waals surface area contributed by atoms with Crippen LogP contribution < -0.4 is 4.72 Å². The van der Waals surface area contributed by atoms with E-state index in [1.165, 1.54) is 18.2 Å². The van der Waals surface area contributed by atoms with Gasteiger partial charge in [-0.05, 0) is 36.1 Å². The van der Waals surface area contributed by atoms with E-state index in [-0.39, 0.29) is 10.8 Å². The third-order valence-corrected chi connectivity index (χ3v) is 4.03. The lowest BCUT2D eigenvalue weighted by molar-refractivity contribution is 0.550. The highest BCUT2D eigenvalue weighted by Crippen LogP contribution is 2.23. The topological polar surface area (TPSA) is 46.2 Å². The molecule has 5 heteroatoms. The summed E-state index contributed by atoms with van der Waals surface area (Å²) in [5, 5.41) is 0. The standard InChI is InChI=1S/C10H12FNO2S/c1-7-4-8-5-9(11)2-3-10(8)15(13,14)12-6-7/h2-3,5,7,12H,4,6H2,1H3. The lowest BCUT2D eigenvalue weighted by Gasteiger charge is -2.06. The third kappa shape index (κ3) is 2.03. The van der Waals surface area contributed by atoms with Crippen LogP contribution in [0, 0.1) is 11.7 Å². The van der Waals surface area contributed by atoms with Gasteiger partial charge in [-0.15, -0.1) is 0 Å². The fourth-order valence-electron chi connectivity index (χ4n) is 1.75. The number of sulfonamides is 1. The Balaban J connectivity index is 2.61. The van der Waals surface area contributed by atoms with Gasteiger partial charge in [-0.1, -0.05) is 6.92 Å². The Labute approximate surface area is 88.4 Å². The molecule has 0 spiro atoms. The molecule has 0 aliphatic carbocycles. The van der Waals surface area contributed by atoms with E-state index in [9.17, 15) is 12.8 Å². The summed E-state index contributed by atoms with van der Waals surface area (Å²) in [5.74, 6) is -0.208. The van der Waals surface area contributed by atoms with Gasteiger partial charge in [-0.25, -0.2) is 17.5 Å². The van der Waals surface area contributed by atoms with Crippen molar-refractivity contribution >= 4 is 10.0 Å². The molecule has 1 N–H and O–H groups in total. The summed E-state index contributed by atoms with van der Waals surface area (Å²) in [6, 6.07) is 3.80. The van der Waals surface area contributed by atoms with E-state index in [1.54, 1.807) is 0 Å². The van der Waals surface area contributed by atoms with Gasteiger partial charge in [0.25, 0.3) is 0 Å². The number of hydrogen-bond acceptors (Lipinski definition) is 2. The molecule has 1 atom stereocenters. The number of nitrogens with one attached hydrogen (secondary N) is 1. The second-order valence-corrected chi connectivity index (χ2v) is 5.65. The zero-order valence-corrected chi connectivity index (χ0v) is 9.14. The molecule has 0 aromatic heterocycles. The quantitative estimate of drug-likeness (QED) is 0.728. The van der Waals surface area contributed by atoms with Crippen LogP contribution in [0.3, 0.4) is 0 Å². The molecule has 0 radical (unpaired) electrons. The van der Waals surface area contributed by atoms with Crippen molar-refractivity contribution in [1.82, 2.24) is 4.72 Å². The van der Waals surface area contributed by atoms with Gasteiger partial charge in [-0.3, -0.25) is 0 Å². The normalized spacial score (nSPS) is 24.3. The average molecular weight is 229 g/mol. The van der Waals surface area contributed by atoms with Crippen molar-refractivity contribution in [2.75, 3.05) is 6.54 Å². The van der Waals surface area contributed by atoms with Crippen molar-refractivity contribution in [2.45, 2.75) is 18.2 Å². The smallest absolute Gasteiger partial charge is 0.211 e. The number of rotatable bonds is 0. The number of halogens is 1. The third-order valence-electron chi connectivity index (χ3n) is 2.50. The molecule has 1 aliphatic rings. The predicted octanol–water partition coefficient (Wildman–Crippen LogP) is 1.30. The van der Waals surface area contributed by atoms with Gasteiger partial charge >= 0.3 is 0 Å². The molecule has 15 heavy (non-hydrogen) atoms. The van der Waals surface area contributed by atoms with Gasteiger partial charge in [-0.2, -0.15) is 0 Å². The van der Waals surface area contributed by atoms with Crippen LogP contribution in [0.5, 0.6) is 0 Å². The summed E-state index contributed by atoms with van der Waals surface area (Å²) in [6.45, 7) is 2.33. The van der Waals surface area contributed by atoms with Gasteiger partial charge in [0, 0.05) is 6.54 Å². The number of benzene rings is 1. The lowest BCUT2D eigenvalue weighted by Crippen LogP contribution is -2.26. The van der Waals surface area contributed by atoms with Crippen LogP contribution in [0.2, 0.25) is 0 Å². The first-order valence-electron chi connectivity index (χ1n) is 4.77. The molecule has 0 amide bonds. The molecule has 1 aromatic carbocycles. The van der Waals surface area contributed by atoms with Gasteiger partial charge in [0.05, 0.1) is 4.90 Å². The second-order valence-electron chi connectivity index (χ2n) is 3.91. The first-order chi connectivity index (χ1) is 6.99. The Morgan fingerprint density at radius 2 is 2.20 bits per heavy atom. The molecule has 2 rings (SSSR count). The Kier molecular flexibility index (Phi) is 2.52. The Morgan fingerprint density at radius 1 is 1.47 bits per heavy atom. The molecule has 3 nitrogen and oxygen atoms in total. The second kappa shape index (κ2) is 3.57. The highest BCUT2D eigenvalue weighted by atomic mass is 32.2. The summed E-state index contributed by atoms with van der Waals surface area (Å²) >= 11 is 0. The SMILES string of the molecule is CC1CNS(=O)(=O)c2ccc(F)cc2C1. The molecular formula is C10H12FNO2S. The van der Waals surface area contributed by atoms with E-state index in [4.69, 9.17) is 0 Å². The van der Waals surface area contributed by atoms with Crippen molar-refractivity contribution in [3.8, 4) is 0 Å².